The molecule has 0 spiro atoms. The van der Waals surface area contributed by atoms with Gasteiger partial charge in [-0.25, -0.2) is 4.79 Å². The standard InChI is InChI=1S/C27H26F3NO2S/c1-26(2,3)33-25(32)23(18-19-14-16-22(17-15-19)34-27(28,29)30)31-24(20-10-6-4-7-11-20)21-12-8-5-9-13-21/h4-17,23H,18H2,1-3H3/t23-/m0/s1. The summed E-state index contributed by atoms with van der Waals surface area (Å²) in [4.78, 5) is 18.1. The Hall–Kier alpha value is -3.06. The number of ether oxygens (including phenoxy) is 1. The zero-order valence-electron chi connectivity index (χ0n) is 19.2. The molecule has 3 nitrogen and oxygen atoms in total. The summed E-state index contributed by atoms with van der Waals surface area (Å²) in [5.74, 6) is -0.495. The molecule has 0 heterocycles. The smallest absolute Gasteiger partial charge is 0.446 e. The minimum Gasteiger partial charge on any atom is -0.458 e. The second kappa shape index (κ2) is 10.9. The second-order valence-electron chi connectivity index (χ2n) is 8.65. The zero-order valence-corrected chi connectivity index (χ0v) is 20.0. The van der Waals surface area contributed by atoms with E-state index < -0.39 is 23.1 Å². The summed E-state index contributed by atoms with van der Waals surface area (Å²) in [7, 11) is 0. The van der Waals surface area contributed by atoms with Gasteiger partial charge in [0.1, 0.15) is 5.60 Å². The fraction of sp³-hybridized carbons (Fsp3) is 0.259. The third-order valence-corrected chi connectivity index (χ3v) is 5.38. The normalized spacial score (nSPS) is 12.6. The first-order valence-corrected chi connectivity index (χ1v) is 11.6. The number of hydrogen-bond acceptors (Lipinski definition) is 4. The molecule has 3 rings (SSSR count). The van der Waals surface area contributed by atoms with Gasteiger partial charge in [-0.05, 0) is 50.2 Å². The summed E-state index contributed by atoms with van der Waals surface area (Å²) in [6, 6.07) is 24.2. The monoisotopic (exact) mass is 485 g/mol. The lowest BCUT2D eigenvalue weighted by atomic mass is 10.0. The lowest BCUT2D eigenvalue weighted by Crippen LogP contribution is -2.33. The van der Waals surface area contributed by atoms with Gasteiger partial charge in [0.2, 0.25) is 0 Å². The van der Waals surface area contributed by atoms with Crippen LogP contribution in [0.2, 0.25) is 0 Å². The molecule has 0 bridgehead atoms. The number of aliphatic imine (C=N–C) groups is 1. The van der Waals surface area contributed by atoms with E-state index in [0.717, 1.165) is 11.1 Å². The maximum atomic E-state index is 13.1. The zero-order chi connectivity index (χ0) is 24.8. The molecule has 0 aliphatic rings. The van der Waals surface area contributed by atoms with Crippen molar-refractivity contribution in [3.63, 3.8) is 0 Å². The first-order chi connectivity index (χ1) is 16.0. The number of carbonyl (C=O) groups is 1. The van der Waals surface area contributed by atoms with Gasteiger partial charge >= 0.3 is 11.5 Å². The van der Waals surface area contributed by atoms with Gasteiger partial charge < -0.3 is 4.74 Å². The molecule has 0 saturated carbocycles. The molecule has 0 aromatic heterocycles. The van der Waals surface area contributed by atoms with E-state index in [1.807, 2.05) is 60.7 Å². The lowest BCUT2D eigenvalue weighted by Gasteiger charge is -2.23. The summed E-state index contributed by atoms with van der Waals surface area (Å²) in [6.45, 7) is 5.35. The average molecular weight is 486 g/mol. The van der Waals surface area contributed by atoms with Crippen molar-refractivity contribution < 1.29 is 22.7 Å². The average Bonchev–Trinajstić information content (AvgIpc) is 2.77. The number of halogens is 3. The molecular weight excluding hydrogens is 459 g/mol. The Kier molecular flexibility index (Phi) is 8.20. The molecule has 0 amide bonds. The molecule has 0 N–H and O–H groups in total. The first-order valence-electron chi connectivity index (χ1n) is 10.8. The predicted octanol–water partition coefficient (Wildman–Crippen LogP) is 7.09. The molecule has 3 aromatic carbocycles. The SMILES string of the molecule is CC(C)(C)OC(=O)[C@H](Cc1ccc(SC(F)(F)F)cc1)N=C(c1ccccc1)c1ccccc1. The first kappa shape index (κ1) is 25.6. The molecule has 0 radical (unpaired) electrons. The van der Waals surface area contributed by atoms with Crippen LogP contribution in [0.3, 0.4) is 0 Å². The van der Waals surface area contributed by atoms with Crippen LogP contribution in [0.5, 0.6) is 0 Å². The van der Waals surface area contributed by atoms with E-state index in [1.165, 1.54) is 12.1 Å². The van der Waals surface area contributed by atoms with Gasteiger partial charge in [0.25, 0.3) is 0 Å². The predicted molar refractivity (Wildman–Crippen MR) is 130 cm³/mol. The van der Waals surface area contributed by atoms with Crippen LogP contribution in [-0.2, 0) is 16.0 Å². The van der Waals surface area contributed by atoms with E-state index in [-0.39, 0.29) is 23.1 Å². The third kappa shape index (κ3) is 8.06. The van der Waals surface area contributed by atoms with Gasteiger partial charge in [-0.2, -0.15) is 13.2 Å². The second-order valence-corrected chi connectivity index (χ2v) is 9.79. The highest BCUT2D eigenvalue weighted by Crippen LogP contribution is 2.36. The number of esters is 1. The number of benzene rings is 3. The van der Waals surface area contributed by atoms with Crippen molar-refractivity contribution in [2.45, 2.75) is 49.2 Å². The van der Waals surface area contributed by atoms with Gasteiger partial charge in [0, 0.05) is 22.4 Å². The van der Waals surface area contributed by atoms with Crippen LogP contribution in [0, 0.1) is 0 Å². The highest BCUT2D eigenvalue weighted by atomic mass is 32.2. The molecule has 178 valence electrons. The van der Waals surface area contributed by atoms with Crippen LogP contribution in [0.4, 0.5) is 13.2 Å². The van der Waals surface area contributed by atoms with Crippen molar-refractivity contribution in [1.82, 2.24) is 0 Å². The molecule has 7 heteroatoms. The van der Waals surface area contributed by atoms with E-state index in [1.54, 1.807) is 32.9 Å². The lowest BCUT2D eigenvalue weighted by molar-refractivity contribution is -0.156. The van der Waals surface area contributed by atoms with Gasteiger partial charge in [-0.15, -0.1) is 0 Å². The molecule has 0 unspecified atom stereocenters. The Labute approximate surface area is 202 Å². The number of alkyl halides is 3. The Balaban J connectivity index is 1.99. The van der Waals surface area contributed by atoms with Crippen molar-refractivity contribution in [3.05, 3.63) is 102 Å². The maximum absolute atomic E-state index is 13.1. The van der Waals surface area contributed by atoms with Crippen molar-refractivity contribution in [1.29, 1.82) is 0 Å². The fourth-order valence-corrected chi connectivity index (χ4v) is 3.80. The van der Waals surface area contributed by atoms with Gasteiger partial charge in [0.05, 0.1) is 5.71 Å². The third-order valence-electron chi connectivity index (χ3n) is 4.64. The number of thioether (sulfide) groups is 1. The van der Waals surface area contributed by atoms with Crippen LogP contribution in [0.1, 0.15) is 37.5 Å². The summed E-state index contributed by atoms with van der Waals surface area (Å²) in [6.07, 6.45) is 0.190. The molecule has 0 aliphatic carbocycles. The Morgan fingerprint density at radius 1 is 0.853 bits per heavy atom. The molecular formula is C27H26F3NO2S. The van der Waals surface area contributed by atoms with Crippen LogP contribution in [0.15, 0.2) is 94.8 Å². The Morgan fingerprint density at radius 2 is 1.35 bits per heavy atom. The van der Waals surface area contributed by atoms with Crippen molar-refractivity contribution in [3.8, 4) is 0 Å². The van der Waals surface area contributed by atoms with Gasteiger partial charge in [-0.3, -0.25) is 4.99 Å². The fourth-order valence-electron chi connectivity index (χ4n) is 3.27. The van der Waals surface area contributed by atoms with Crippen LogP contribution < -0.4 is 0 Å². The number of carbonyl (C=O) groups excluding carboxylic acids is 1. The van der Waals surface area contributed by atoms with E-state index in [4.69, 9.17) is 9.73 Å². The highest BCUT2D eigenvalue weighted by molar-refractivity contribution is 8.00. The van der Waals surface area contributed by atoms with E-state index in [9.17, 15) is 18.0 Å². The molecule has 34 heavy (non-hydrogen) atoms. The van der Waals surface area contributed by atoms with E-state index >= 15 is 0 Å². The molecule has 0 saturated heterocycles. The Bertz CT molecular complexity index is 1070. The highest BCUT2D eigenvalue weighted by Gasteiger charge is 2.29. The van der Waals surface area contributed by atoms with Crippen molar-refractivity contribution in [2.24, 2.45) is 4.99 Å². The van der Waals surface area contributed by atoms with E-state index in [0.29, 0.717) is 11.3 Å². The molecule has 0 fully saturated rings. The quantitative estimate of drug-likeness (QED) is 0.204. The van der Waals surface area contributed by atoms with Crippen molar-refractivity contribution in [2.75, 3.05) is 0 Å². The largest absolute Gasteiger partial charge is 0.458 e. The number of hydrogen-bond donors (Lipinski definition) is 0. The summed E-state index contributed by atoms with van der Waals surface area (Å²) >= 11 is -0.171. The van der Waals surface area contributed by atoms with Gasteiger partial charge in [-0.1, -0.05) is 72.8 Å². The maximum Gasteiger partial charge on any atom is 0.446 e. The van der Waals surface area contributed by atoms with E-state index in [2.05, 4.69) is 0 Å². The van der Waals surface area contributed by atoms with Crippen LogP contribution >= 0.6 is 11.8 Å². The summed E-state index contributed by atoms with van der Waals surface area (Å²) in [5.41, 5.74) is -2.05. The molecule has 0 aliphatic heterocycles. The molecule has 1 atom stereocenters. The van der Waals surface area contributed by atoms with Crippen molar-refractivity contribution >= 4 is 23.4 Å². The number of rotatable bonds is 7. The minimum absolute atomic E-state index is 0.0860. The van der Waals surface area contributed by atoms with Gasteiger partial charge in [0.15, 0.2) is 6.04 Å². The molecule has 3 aromatic rings. The van der Waals surface area contributed by atoms with Crippen LogP contribution in [0.25, 0.3) is 0 Å². The minimum atomic E-state index is -4.36. The number of nitrogens with zero attached hydrogens (tertiary/aromatic N) is 1. The Morgan fingerprint density at radius 3 is 1.79 bits per heavy atom. The summed E-state index contributed by atoms with van der Waals surface area (Å²) in [5, 5.41) is 0. The summed E-state index contributed by atoms with van der Waals surface area (Å²) < 4.78 is 43.6. The topological polar surface area (TPSA) is 38.7 Å². The van der Waals surface area contributed by atoms with Crippen LogP contribution in [-0.4, -0.2) is 28.8 Å².